The zero-order chi connectivity index (χ0) is 24.7. The lowest BCUT2D eigenvalue weighted by atomic mass is 9.90. The number of piperidine rings is 1. The molecular formula is C31H38N4O. The summed E-state index contributed by atoms with van der Waals surface area (Å²) in [5.41, 5.74) is 5.47. The summed E-state index contributed by atoms with van der Waals surface area (Å²) >= 11 is 0. The van der Waals surface area contributed by atoms with Gasteiger partial charge in [-0.3, -0.25) is 9.69 Å². The Bertz CT molecular complexity index is 1100. The Morgan fingerprint density at radius 3 is 2.11 bits per heavy atom. The van der Waals surface area contributed by atoms with E-state index in [0.717, 1.165) is 57.4 Å². The van der Waals surface area contributed by atoms with Crippen molar-refractivity contribution in [2.24, 2.45) is 5.92 Å². The molecule has 2 saturated heterocycles. The standard InChI is InChI=1S/C31H38N4O/c1-33-19-21-35(22-20-33)30-13-11-29(12-14-30)32-31(36)28-9-7-27(8-10-28)24-34-17-15-26(16-18-34)23-25-5-3-2-4-6-25/h2-14,26H,15-24H2,1H3,(H,32,36). The van der Waals surface area contributed by atoms with E-state index in [2.05, 4.69) is 81.7 Å². The summed E-state index contributed by atoms with van der Waals surface area (Å²) in [6.07, 6.45) is 3.70. The molecule has 188 valence electrons. The molecule has 0 aliphatic carbocycles. The van der Waals surface area contributed by atoms with Crippen LogP contribution in [-0.4, -0.2) is 62.0 Å². The number of anilines is 2. The van der Waals surface area contributed by atoms with Crippen molar-refractivity contribution in [1.29, 1.82) is 0 Å². The molecule has 0 bridgehead atoms. The molecule has 2 fully saturated rings. The molecule has 3 aromatic rings. The van der Waals surface area contributed by atoms with Crippen molar-refractivity contribution >= 4 is 17.3 Å². The fourth-order valence-electron chi connectivity index (χ4n) is 5.34. The van der Waals surface area contributed by atoms with Gasteiger partial charge in [0.2, 0.25) is 0 Å². The second kappa shape index (κ2) is 11.7. The molecule has 2 heterocycles. The molecule has 5 rings (SSSR count). The van der Waals surface area contributed by atoms with Gasteiger partial charge in [-0.25, -0.2) is 0 Å². The topological polar surface area (TPSA) is 38.8 Å². The van der Waals surface area contributed by atoms with Crippen LogP contribution in [0.5, 0.6) is 0 Å². The van der Waals surface area contributed by atoms with E-state index in [0.29, 0.717) is 5.56 Å². The maximum Gasteiger partial charge on any atom is 0.255 e. The number of rotatable bonds is 7. The summed E-state index contributed by atoms with van der Waals surface area (Å²) < 4.78 is 0. The highest BCUT2D eigenvalue weighted by atomic mass is 16.1. The molecule has 0 atom stereocenters. The molecule has 0 radical (unpaired) electrons. The lowest BCUT2D eigenvalue weighted by Crippen LogP contribution is -2.44. The van der Waals surface area contributed by atoms with Crippen LogP contribution in [0.2, 0.25) is 0 Å². The van der Waals surface area contributed by atoms with Crippen LogP contribution >= 0.6 is 0 Å². The minimum Gasteiger partial charge on any atom is -0.369 e. The van der Waals surface area contributed by atoms with Crippen LogP contribution in [0.4, 0.5) is 11.4 Å². The Kier molecular flexibility index (Phi) is 7.99. The van der Waals surface area contributed by atoms with Gasteiger partial charge in [0.25, 0.3) is 5.91 Å². The number of carbonyl (C=O) groups is 1. The first kappa shape index (κ1) is 24.5. The van der Waals surface area contributed by atoms with Gasteiger partial charge in [-0.15, -0.1) is 0 Å². The van der Waals surface area contributed by atoms with Crippen molar-refractivity contribution in [3.8, 4) is 0 Å². The smallest absolute Gasteiger partial charge is 0.255 e. The van der Waals surface area contributed by atoms with Crippen molar-refractivity contribution in [2.75, 3.05) is 56.5 Å². The normalized spacial score (nSPS) is 17.8. The number of carbonyl (C=O) groups excluding carboxylic acids is 1. The first-order valence-electron chi connectivity index (χ1n) is 13.3. The van der Waals surface area contributed by atoms with Crippen LogP contribution in [0.3, 0.4) is 0 Å². The molecular weight excluding hydrogens is 444 g/mol. The summed E-state index contributed by atoms with van der Waals surface area (Å²) in [7, 11) is 2.17. The average Bonchev–Trinajstić information content (AvgIpc) is 2.92. The predicted molar refractivity (Wildman–Crippen MR) is 149 cm³/mol. The monoisotopic (exact) mass is 482 g/mol. The first-order chi connectivity index (χ1) is 17.6. The maximum absolute atomic E-state index is 12.8. The molecule has 5 heteroatoms. The van der Waals surface area contributed by atoms with Crippen molar-refractivity contribution in [3.05, 3.63) is 95.6 Å². The highest BCUT2D eigenvalue weighted by Gasteiger charge is 2.20. The van der Waals surface area contributed by atoms with Crippen LogP contribution in [0.25, 0.3) is 0 Å². The van der Waals surface area contributed by atoms with Crippen molar-refractivity contribution in [1.82, 2.24) is 9.80 Å². The molecule has 0 unspecified atom stereocenters. The van der Waals surface area contributed by atoms with Crippen molar-refractivity contribution in [2.45, 2.75) is 25.8 Å². The third-order valence-corrected chi connectivity index (χ3v) is 7.69. The second-order valence-electron chi connectivity index (χ2n) is 10.4. The van der Waals surface area contributed by atoms with Gasteiger partial charge in [-0.2, -0.15) is 0 Å². The highest BCUT2D eigenvalue weighted by Crippen LogP contribution is 2.23. The zero-order valence-electron chi connectivity index (χ0n) is 21.4. The number of nitrogens with zero attached hydrogens (tertiary/aromatic N) is 3. The van der Waals surface area contributed by atoms with Crippen LogP contribution in [0.15, 0.2) is 78.9 Å². The number of likely N-dealkylation sites (tertiary alicyclic amines) is 1. The van der Waals surface area contributed by atoms with Crippen LogP contribution in [0.1, 0.15) is 34.3 Å². The van der Waals surface area contributed by atoms with Gasteiger partial charge >= 0.3 is 0 Å². The second-order valence-corrected chi connectivity index (χ2v) is 10.4. The van der Waals surface area contributed by atoms with E-state index in [4.69, 9.17) is 0 Å². The van der Waals surface area contributed by atoms with E-state index in [-0.39, 0.29) is 5.91 Å². The van der Waals surface area contributed by atoms with Crippen molar-refractivity contribution < 1.29 is 4.79 Å². The van der Waals surface area contributed by atoms with E-state index in [1.165, 1.54) is 36.1 Å². The Balaban J connectivity index is 1.08. The van der Waals surface area contributed by atoms with Crippen LogP contribution < -0.4 is 10.2 Å². The summed E-state index contributed by atoms with van der Waals surface area (Å²) in [4.78, 5) is 20.1. The number of hydrogen-bond acceptors (Lipinski definition) is 4. The van der Waals surface area contributed by atoms with Gasteiger partial charge in [0.05, 0.1) is 0 Å². The summed E-state index contributed by atoms with van der Waals surface area (Å²) in [5, 5.41) is 3.04. The zero-order valence-corrected chi connectivity index (χ0v) is 21.4. The molecule has 0 saturated carbocycles. The number of likely N-dealkylation sites (N-methyl/N-ethyl adjacent to an activating group) is 1. The molecule has 3 aromatic carbocycles. The number of nitrogens with one attached hydrogen (secondary N) is 1. The van der Waals surface area contributed by atoms with Gasteiger partial charge in [0.1, 0.15) is 0 Å². The lowest BCUT2D eigenvalue weighted by molar-refractivity contribution is 0.102. The molecule has 1 amide bonds. The highest BCUT2D eigenvalue weighted by molar-refractivity contribution is 6.04. The van der Waals surface area contributed by atoms with E-state index in [1.54, 1.807) is 0 Å². The minimum atomic E-state index is -0.0596. The van der Waals surface area contributed by atoms with Gasteiger partial charge in [0.15, 0.2) is 0 Å². The fourth-order valence-corrected chi connectivity index (χ4v) is 5.34. The van der Waals surface area contributed by atoms with Gasteiger partial charge in [-0.05, 0) is 92.8 Å². The lowest BCUT2D eigenvalue weighted by Gasteiger charge is -2.34. The summed E-state index contributed by atoms with van der Waals surface area (Å²) in [5.74, 6) is 0.723. The van der Waals surface area contributed by atoms with Crippen molar-refractivity contribution in [3.63, 3.8) is 0 Å². The van der Waals surface area contributed by atoms with Gasteiger partial charge in [0, 0.05) is 49.7 Å². The van der Waals surface area contributed by atoms with E-state index in [1.807, 2.05) is 24.3 Å². The number of hydrogen-bond donors (Lipinski definition) is 1. The van der Waals surface area contributed by atoms with Gasteiger partial charge in [-0.1, -0.05) is 42.5 Å². The van der Waals surface area contributed by atoms with E-state index >= 15 is 0 Å². The number of benzene rings is 3. The average molecular weight is 483 g/mol. The minimum absolute atomic E-state index is 0.0596. The molecule has 1 N–H and O–H groups in total. The SMILES string of the molecule is CN1CCN(c2ccc(NC(=O)c3ccc(CN4CCC(Cc5ccccc5)CC4)cc3)cc2)CC1. The summed E-state index contributed by atoms with van der Waals surface area (Å²) in [6, 6.07) is 27.2. The van der Waals surface area contributed by atoms with Gasteiger partial charge < -0.3 is 15.1 Å². The third kappa shape index (κ3) is 6.54. The Morgan fingerprint density at radius 2 is 1.44 bits per heavy atom. The molecule has 2 aliphatic rings. The molecule has 36 heavy (non-hydrogen) atoms. The van der Waals surface area contributed by atoms with Crippen LogP contribution in [-0.2, 0) is 13.0 Å². The molecule has 0 spiro atoms. The number of amides is 1. The Labute approximate surface area is 215 Å². The third-order valence-electron chi connectivity index (χ3n) is 7.69. The fraction of sp³-hybridized carbons (Fsp3) is 0.387. The Hall–Kier alpha value is -3.15. The Morgan fingerprint density at radius 1 is 0.778 bits per heavy atom. The molecule has 2 aliphatic heterocycles. The summed E-state index contributed by atoms with van der Waals surface area (Å²) in [6.45, 7) is 7.49. The predicted octanol–water partition coefficient (Wildman–Crippen LogP) is 5.15. The van der Waals surface area contributed by atoms with E-state index in [9.17, 15) is 4.79 Å². The first-order valence-corrected chi connectivity index (χ1v) is 13.3. The quantitative estimate of drug-likeness (QED) is 0.506. The molecule has 5 nitrogen and oxygen atoms in total. The van der Waals surface area contributed by atoms with Crippen LogP contribution in [0, 0.1) is 5.92 Å². The molecule has 0 aromatic heterocycles. The van der Waals surface area contributed by atoms with E-state index < -0.39 is 0 Å². The number of piperazine rings is 1. The largest absolute Gasteiger partial charge is 0.369 e. The maximum atomic E-state index is 12.8.